The fraction of sp³-hybridized carbons (Fsp3) is 0.353. The lowest BCUT2D eigenvalue weighted by Gasteiger charge is -2.14. The molecule has 0 aromatic heterocycles. The van der Waals surface area contributed by atoms with E-state index in [1.165, 1.54) is 0 Å². The van der Waals surface area contributed by atoms with Gasteiger partial charge in [-0.3, -0.25) is 4.79 Å². The standard InChI is InChI=1S/C17H18N2O6/c1-11(23-8-7-22-2)10-24-19-16(20)13-9-12-5-3-4-6-14(12)25-15(13)18-17(19)21/h3-6,9,11H,7-8,10H2,1-2H3. The first kappa shape index (κ1) is 17.1. The average Bonchev–Trinajstić information content (AvgIpc) is 2.60. The lowest BCUT2D eigenvalue weighted by molar-refractivity contribution is -0.0322. The van der Waals surface area contributed by atoms with Gasteiger partial charge in [0, 0.05) is 12.5 Å². The maximum Gasteiger partial charge on any atom is 0.387 e. The van der Waals surface area contributed by atoms with Crippen LogP contribution < -0.4 is 16.1 Å². The van der Waals surface area contributed by atoms with E-state index in [1.807, 2.05) is 6.07 Å². The molecule has 0 saturated heterocycles. The summed E-state index contributed by atoms with van der Waals surface area (Å²) in [5, 5.41) is 0.732. The highest BCUT2D eigenvalue weighted by Crippen LogP contribution is 2.22. The number of hydrogen-bond donors (Lipinski definition) is 0. The number of fused-ring (bicyclic) bond motifs is 2. The van der Waals surface area contributed by atoms with E-state index in [0.717, 1.165) is 5.39 Å². The average molecular weight is 346 g/mol. The molecule has 1 aromatic carbocycles. The Morgan fingerprint density at radius 3 is 2.84 bits per heavy atom. The van der Waals surface area contributed by atoms with E-state index in [0.29, 0.717) is 23.5 Å². The molecular formula is C17H18N2O6. The lowest BCUT2D eigenvalue weighted by atomic mass is 10.2. The van der Waals surface area contributed by atoms with Crippen molar-refractivity contribution in [3.05, 3.63) is 51.2 Å². The van der Waals surface area contributed by atoms with E-state index < -0.39 is 11.2 Å². The number of methoxy groups -OCH3 is 1. The Morgan fingerprint density at radius 2 is 2.04 bits per heavy atom. The molecule has 0 N–H and O–H groups in total. The number of benzene rings is 1. The van der Waals surface area contributed by atoms with E-state index in [9.17, 15) is 9.59 Å². The quantitative estimate of drug-likeness (QED) is 0.464. The van der Waals surface area contributed by atoms with Crippen molar-refractivity contribution < 1.29 is 18.7 Å². The van der Waals surface area contributed by atoms with Gasteiger partial charge >= 0.3 is 11.2 Å². The van der Waals surface area contributed by atoms with Crippen molar-refractivity contribution in [2.45, 2.75) is 13.0 Å². The molecule has 0 spiro atoms. The van der Waals surface area contributed by atoms with Crippen LogP contribution in [-0.4, -0.2) is 42.7 Å². The molecule has 0 fully saturated rings. The molecule has 0 bridgehead atoms. The zero-order valence-electron chi connectivity index (χ0n) is 13.9. The molecule has 3 rings (SSSR count). The fourth-order valence-electron chi connectivity index (χ4n) is 2.31. The van der Waals surface area contributed by atoms with Crippen molar-refractivity contribution in [1.82, 2.24) is 9.71 Å². The SMILES string of the molecule is COCCOC(C)COn1c(=O)nc2oc3ccccc3cc-2c1=O. The molecule has 8 heteroatoms. The van der Waals surface area contributed by atoms with Crippen LogP contribution in [0.25, 0.3) is 22.4 Å². The number of hydrogen-bond acceptors (Lipinski definition) is 7. The number of rotatable bonds is 7. The van der Waals surface area contributed by atoms with Crippen molar-refractivity contribution in [3.63, 3.8) is 0 Å². The van der Waals surface area contributed by atoms with Crippen LogP contribution in [0.3, 0.4) is 0 Å². The molecular weight excluding hydrogens is 328 g/mol. The van der Waals surface area contributed by atoms with E-state index in [2.05, 4.69) is 4.98 Å². The number of ether oxygens (including phenoxy) is 2. The van der Waals surface area contributed by atoms with E-state index in [-0.39, 0.29) is 24.2 Å². The summed E-state index contributed by atoms with van der Waals surface area (Å²) in [5.74, 6) is -0.0158. The van der Waals surface area contributed by atoms with Gasteiger partial charge in [-0.15, -0.1) is 0 Å². The van der Waals surface area contributed by atoms with Crippen molar-refractivity contribution in [2.24, 2.45) is 0 Å². The molecule has 1 unspecified atom stereocenters. The summed E-state index contributed by atoms with van der Waals surface area (Å²) in [4.78, 5) is 33.7. The molecule has 2 heterocycles. The maximum absolute atomic E-state index is 12.5. The molecule has 2 aliphatic rings. The smallest absolute Gasteiger partial charge is 0.387 e. The largest absolute Gasteiger partial charge is 0.437 e. The van der Waals surface area contributed by atoms with Gasteiger partial charge in [-0.25, -0.2) is 4.79 Å². The van der Waals surface area contributed by atoms with E-state index in [1.54, 1.807) is 38.3 Å². The second-order valence-corrected chi connectivity index (χ2v) is 5.47. The van der Waals surface area contributed by atoms with E-state index >= 15 is 0 Å². The van der Waals surface area contributed by atoms with Gasteiger partial charge in [0.2, 0.25) is 5.89 Å². The summed E-state index contributed by atoms with van der Waals surface area (Å²) in [6.07, 6.45) is -0.321. The van der Waals surface area contributed by atoms with Gasteiger partial charge in [0.05, 0.1) is 19.3 Å². The minimum atomic E-state index is -0.833. The predicted octanol–water partition coefficient (Wildman–Crippen LogP) is 0.935. The first-order valence-electron chi connectivity index (χ1n) is 7.79. The first-order valence-corrected chi connectivity index (χ1v) is 7.79. The van der Waals surface area contributed by atoms with Gasteiger partial charge < -0.3 is 18.7 Å². The Kier molecular flexibility index (Phi) is 5.11. The second-order valence-electron chi connectivity index (χ2n) is 5.47. The molecule has 2 aliphatic heterocycles. The van der Waals surface area contributed by atoms with Crippen LogP contribution >= 0.6 is 0 Å². The first-order chi connectivity index (χ1) is 12.1. The van der Waals surface area contributed by atoms with E-state index in [4.69, 9.17) is 18.7 Å². The van der Waals surface area contributed by atoms with Gasteiger partial charge in [0.15, 0.2) is 0 Å². The van der Waals surface area contributed by atoms with Gasteiger partial charge in [0.1, 0.15) is 17.8 Å². The normalized spacial score (nSPS) is 12.6. The highest BCUT2D eigenvalue weighted by Gasteiger charge is 2.19. The number of nitrogens with zero attached hydrogens (tertiary/aromatic N) is 2. The summed E-state index contributed by atoms with van der Waals surface area (Å²) in [5.41, 5.74) is -0.736. The third-order valence-electron chi connectivity index (χ3n) is 3.57. The Labute approximate surface area is 142 Å². The van der Waals surface area contributed by atoms with Crippen LogP contribution in [0.5, 0.6) is 0 Å². The fourth-order valence-corrected chi connectivity index (χ4v) is 2.31. The van der Waals surface area contributed by atoms with Crippen LogP contribution in [0.1, 0.15) is 6.92 Å². The molecule has 0 aliphatic carbocycles. The second kappa shape index (κ2) is 7.45. The molecule has 0 radical (unpaired) electrons. The summed E-state index contributed by atoms with van der Waals surface area (Å²) in [7, 11) is 1.57. The van der Waals surface area contributed by atoms with Gasteiger partial charge in [-0.1, -0.05) is 22.9 Å². The van der Waals surface area contributed by atoms with Crippen LogP contribution in [0.15, 0.2) is 44.3 Å². The summed E-state index contributed by atoms with van der Waals surface area (Å²) in [6, 6.07) is 8.79. The van der Waals surface area contributed by atoms with Crippen molar-refractivity contribution in [3.8, 4) is 11.5 Å². The summed E-state index contributed by atoms with van der Waals surface area (Å²) < 4.78 is 16.5. The predicted molar refractivity (Wildman–Crippen MR) is 89.9 cm³/mol. The molecule has 1 atom stereocenters. The summed E-state index contributed by atoms with van der Waals surface area (Å²) in [6.45, 7) is 2.63. The Balaban J connectivity index is 1.89. The molecule has 0 amide bonds. The Morgan fingerprint density at radius 1 is 1.24 bits per heavy atom. The maximum atomic E-state index is 12.5. The topological polar surface area (TPSA) is 92.8 Å². The van der Waals surface area contributed by atoms with Crippen LogP contribution in [0, 0.1) is 0 Å². The van der Waals surface area contributed by atoms with Crippen molar-refractivity contribution >= 4 is 11.0 Å². The molecule has 25 heavy (non-hydrogen) atoms. The number of para-hydroxylation sites is 1. The lowest BCUT2D eigenvalue weighted by Crippen LogP contribution is -2.43. The highest BCUT2D eigenvalue weighted by molar-refractivity contribution is 5.81. The number of aromatic nitrogens is 2. The van der Waals surface area contributed by atoms with Gasteiger partial charge in [-0.05, 0) is 19.1 Å². The van der Waals surface area contributed by atoms with Crippen LogP contribution in [0.2, 0.25) is 0 Å². The molecule has 8 nitrogen and oxygen atoms in total. The molecule has 1 aromatic rings. The van der Waals surface area contributed by atoms with Crippen molar-refractivity contribution in [1.29, 1.82) is 0 Å². The Bertz CT molecular complexity index is 948. The minimum Gasteiger partial charge on any atom is -0.437 e. The van der Waals surface area contributed by atoms with Gasteiger partial charge in [0.25, 0.3) is 0 Å². The van der Waals surface area contributed by atoms with Crippen LogP contribution in [0.4, 0.5) is 0 Å². The zero-order chi connectivity index (χ0) is 17.8. The monoisotopic (exact) mass is 346 g/mol. The minimum absolute atomic E-state index is 0.0158. The zero-order valence-corrected chi connectivity index (χ0v) is 13.9. The molecule has 0 saturated carbocycles. The highest BCUT2D eigenvalue weighted by atomic mass is 16.7. The van der Waals surface area contributed by atoms with Crippen molar-refractivity contribution in [2.75, 3.05) is 26.9 Å². The van der Waals surface area contributed by atoms with Crippen LogP contribution in [-0.2, 0) is 9.47 Å². The third-order valence-corrected chi connectivity index (χ3v) is 3.57. The third kappa shape index (κ3) is 3.70. The Hall–Kier alpha value is -2.71. The molecule has 132 valence electrons. The summed E-state index contributed by atoms with van der Waals surface area (Å²) >= 11 is 0. The van der Waals surface area contributed by atoms with Gasteiger partial charge in [-0.2, -0.15) is 4.98 Å².